The molecule has 6 heteroatoms. The zero-order valence-electron chi connectivity index (χ0n) is 12.5. The molecule has 1 saturated heterocycles. The number of fused-ring (bicyclic) bond motifs is 1. The van der Waals surface area contributed by atoms with E-state index in [1.807, 2.05) is 29.2 Å². The van der Waals surface area contributed by atoms with Crippen LogP contribution in [0.15, 0.2) is 24.3 Å². The van der Waals surface area contributed by atoms with Crippen molar-refractivity contribution in [3.63, 3.8) is 0 Å². The smallest absolute Gasteiger partial charge is 0.242 e. The lowest BCUT2D eigenvalue weighted by Crippen LogP contribution is -2.47. The lowest BCUT2D eigenvalue weighted by Gasteiger charge is -2.35. The van der Waals surface area contributed by atoms with Crippen molar-refractivity contribution in [2.75, 3.05) is 37.7 Å². The summed E-state index contributed by atoms with van der Waals surface area (Å²) in [6, 6.07) is 7.77. The van der Waals surface area contributed by atoms with Crippen LogP contribution in [0.25, 0.3) is 0 Å². The van der Waals surface area contributed by atoms with E-state index in [9.17, 15) is 9.59 Å². The molecular formula is C16H21N3O3. The molecule has 0 radical (unpaired) electrons. The van der Waals surface area contributed by atoms with Gasteiger partial charge in [0.2, 0.25) is 11.8 Å². The van der Waals surface area contributed by atoms with Crippen molar-refractivity contribution in [2.24, 2.45) is 11.7 Å². The van der Waals surface area contributed by atoms with E-state index in [2.05, 4.69) is 4.90 Å². The fourth-order valence-electron chi connectivity index (χ4n) is 3.07. The van der Waals surface area contributed by atoms with Crippen LogP contribution in [-0.4, -0.2) is 49.5 Å². The third kappa shape index (κ3) is 3.00. The van der Waals surface area contributed by atoms with E-state index in [0.717, 1.165) is 11.4 Å². The number of likely N-dealkylation sites (tertiary alicyclic amines) is 1. The molecule has 0 atom stereocenters. The molecule has 2 aliphatic rings. The molecule has 6 nitrogen and oxygen atoms in total. The van der Waals surface area contributed by atoms with Gasteiger partial charge in [0.15, 0.2) is 0 Å². The van der Waals surface area contributed by atoms with Crippen molar-refractivity contribution < 1.29 is 14.3 Å². The highest BCUT2D eigenvalue weighted by molar-refractivity contribution is 5.83. The minimum absolute atomic E-state index is 0.0897. The highest BCUT2D eigenvalue weighted by Crippen LogP contribution is 2.30. The van der Waals surface area contributed by atoms with Crippen molar-refractivity contribution in [3.8, 4) is 5.75 Å². The van der Waals surface area contributed by atoms with Crippen LogP contribution in [-0.2, 0) is 9.59 Å². The summed E-state index contributed by atoms with van der Waals surface area (Å²) in [6.45, 7) is 2.87. The SMILES string of the molecule is NC(=O)C1CCN(C(=O)CN2CCOc3ccccc32)CC1. The number of ether oxygens (including phenoxy) is 1. The summed E-state index contributed by atoms with van der Waals surface area (Å²) < 4.78 is 5.60. The van der Waals surface area contributed by atoms with Crippen LogP contribution < -0.4 is 15.4 Å². The summed E-state index contributed by atoms with van der Waals surface area (Å²) in [6.07, 6.45) is 1.33. The Morgan fingerprint density at radius 2 is 1.91 bits per heavy atom. The van der Waals surface area contributed by atoms with E-state index in [4.69, 9.17) is 10.5 Å². The summed E-state index contributed by atoms with van der Waals surface area (Å²) >= 11 is 0. The van der Waals surface area contributed by atoms with Gasteiger partial charge in [-0.1, -0.05) is 12.1 Å². The second-order valence-corrected chi connectivity index (χ2v) is 5.80. The van der Waals surface area contributed by atoms with Crippen LogP contribution in [0.5, 0.6) is 5.75 Å². The monoisotopic (exact) mass is 303 g/mol. The van der Waals surface area contributed by atoms with Crippen LogP contribution in [0.3, 0.4) is 0 Å². The third-order valence-corrected chi connectivity index (χ3v) is 4.40. The lowest BCUT2D eigenvalue weighted by molar-refractivity contribution is -0.133. The average Bonchev–Trinajstić information content (AvgIpc) is 2.55. The minimum Gasteiger partial charge on any atom is -0.490 e. The minimum atomic E-state index is -0.255. The maximum atomic E-state index is 12.5. The molecule has 2 N–H and O–H groups in total. The highest BCUT2D eigenvalue weighted by atomic mass is 16.5. The number of amides is 2. The third-order valence-electron chi connectivity index (χ3n) is 4.40. The maximum Gasteiger partial charge on any atom is 0.242 e. The normalized spacial score (nSPS) is 18.5. The van der Waals surface area contributed by atoms with Gasteiger partial charge in [-0.25, -0.2) is 0 Å². The fourth-order valence-corrected chi connectivity index (χ4v) is 3.07. The van der Waals surface area contributed by atoms with E-state index in [0.29, 0.717) is 45.6 Å². The van der Waals surface area contributed by atoms with Gasteiger partial charge in [0, 0.05) is 19.0 Å². The molecule has 118 valence electrons. The number of nitrogens with two attached hydrogens (primary N) is 1. The number of piperidine rings is 1. The molecule has 0 unspecified atom stereocenters. The number of para-hydroxylation sites is 2. The molecule has 2 aliphatic heterocycles. The van der Waals surface area contributed by atoms with E-state index < -0.39 is 0 Å². The molecule has 1 aromatic rings. The summed E-state index contributed by atoms with van der Waals surface area (Å²) in [7, 11) is 0. The molecule has 0 spiro atoms. The topological polar surface area (TPSA) is 75.9 Å². The molecule has 0 aliphatic carbocycles. The summed E-state index contributed by atoms with van der Waals surface area (Å²) in [5, 5.41) is 0. The number of rotatable bonds is 3. The summed E-state index contributed by atoms with van der Waals surface area (Å²) in [4.78, 5) is 27.5. The molecule has 0 saturated carbocycles. The number of benzene rings is 1. The Labute approximate surface area is 129 Å². The second-order valence-electron chi connectivity index (χ2n) is 5.80. The van der Waals surface area contributed by atoms with Crippen molar-refractivity contribution in [1.82, 2.24) is 4.90 Å². The van der Waals surface area contributed by atoms with E-state index in [1.165, 1.54) is 0 Å². The Hall–Kier alpha value is -2.24. The molecule has 3 rings (SSSR count). The fraction of sp³-hybridized carbons (Fsp3) is 0.500. The molecule has 0 aromatic heterocycles. The van der Waals surface area contributed by atoms with Crippen LogP contribution in [0, 0.1) is 5.92 Å². The van der Waals surface area contributed by atoms with Gasteiger partial charge >= 0.3 is 0 Å². The molecule has 1 fully saturated rings. The van der Waals surface area contributed by atoms with Crippen molar-refractivity contribution in [1.29, 1.82) is 0 Å². The predicted octanol–water partition coefficient (Wildman–Crippen LogP) is 0.609. The standard InChI is InChI=1S/C16H21N3O3/c17-16(21)12-5-7-18(8-6-12)15(20)11-19-9-10-22-14-4-2-1-3-13(14)19/h1-4,12H,5-11H2,(H2,17,21). The van der Waals surface area contributed by atoms with Crippen molar-refractivity contribution >= 4 is 17.5 Å². The molecule has 1 aromatic carbocycles. The van der Waals surface area contributed by atoms with Gasteiger partial charge in [0.1, 0.15) is 12.4 Å². The molecular weight excluding hydrogens is 282 g/mol. The maximum absolute atomic E-state index is 12.5. The average molecular weight is 303 g/mol. The number of hydrogen-bond acceptors (Lipinski definition) is 4. The van der Waals surface area contributed by atoms with Gasteiger partial charge in [0.05, 0.1) is 18.8 Å². The molecule has 22 heavy (non-hydrogen) atoms. The van der Waals surface area contributed by atoms with Gasteiger partial charge in [-0.3, -0.25) is 9.59 Å². The van der Waals surface area contributed by atoms with Crippen molar-refractivity contribution in [3.05, 3.63) is 24.3 Å². The van der Waals surface area contributed by atoms with Crippen LogP contribution in [0.4, 0.5) is 5.69 Å². The number of carbonyl (C=O) groups is 2. The van der Waals surface area contributed by atoms with Gasteiger partial charge in [-0.2, -0.15) is 0 Å². The zero-order valence-corrected chi connectivity index (χ0v) is 12.5. The summed E-state index contributed by atoms with van der Waals surface area (Å²) in [5.41, 5.74) is 6.29. The first kappa shape index (κ1) is 14.7. The van der Waals surface area contributed by atoms with Crippen LogP contribution in [0.1, 0.15) is 12.8 Å². The first-order chi connectivity index (χ1) is 10.6. The molecule has 0 bridgehead atoms. The molecule has 2 heterocycles. The quantitative estimate of drug-likeness (QED) is 0.887. The van der Waals surface area contributed by atoms with E-state index in [-0.39, 0.29) is 17.7 Å². The number of nitrogens with zero attached hydrogens (tertiary/aromatic N) is 2. The Morgan fingerprint density at radius 1 is 1.18 bits per heavy atom. The zero-order chi connectivity index (χ0) is 15.5. The molecule has 2 amide bonds. The number of anilines is 1. The van der Waals surface area contributed by atoms with Crippen LogP contribution >= 0.6 is 0 Å². The Balaban J connectivity index is 1.60. The predicted molar refractivity (Wildman–Crippen MR) is 82.6 cm³/mol. The van der Waals surface area contributed by atoms with Crippen LogP contribution in [0.2, 0.25) is 0 Å². The summed E-state index contributed by atoms with van der Waals surface area (Å²) in [5.74, 6) is 0.580. The first-order valence-electron chi connectivity index (χ1n) is 7.69. The second kappa shape index (κ2) is 6.25. The van der Waals surface area contributed by atoms with E-state index in [1.54, 1.807) is 0 Å². The van der Waals surface area contributed by atoms with Gasteiger partial charge < -0.3 is 20.3 Å². The Kier molecular flexibility index (Phi) is 4.18. The largest absolute Gasteiger partial charge is 0.490 e. The lowest BCUT2D eigenvalue weighted by atomic mass is 9.96. The Morgan fingerprint density at radius 3 is 2.64 bits per heavy atom. The first-order valence-corrected chi connectivity index (χ1v) is 7.69. The Bertz CT molecular complexity index is 568. The highest BCUT2D eigenvalue weighted by Gasteiger charge is 2.28. The van der Waals surface area contributed by atoms with E-state index >= 15 is 0 Å². The van der Waals surface area contributed by atoms with Gasteiger partial charge in [0.25, 0.3) is 0 Å². The van der Waals surface area contributed by atoms with Gasteiger partial charge in [-0.05, 0) is 25.0 Å². The number of hydrogen-bond donors (Lipinski definition) is 1. The number of primary amides is 1. The number of carbonyl (C=O) groups excluding carboxylic acids is 2. The van der Waals surface area contributed by atoms with Gasteiger partial charge in [-0.15, -0.1) is 0 Å². The van der Waals surface area contributed by atoms with Crippen molar-refractivity contribution in [2.45, 2.75) is 12.8 Å².